The van der Waals surface area contributed by atoms with E-state index in [1.54, 1.807) is 0 Å². The molecule has 0 saturated carbocycles. The first-order valence-electron chi connectivity index (χ1n) is 4.81. The lowest BCUT2D eigenvalue weighted by molar-refractivity contribution is 0.0996. The summed E-state index contributed by atoms with van der Waals surface area (Å²) in [5.74, 6) is -0.582. The van der Waals surface area contributed by atoms with Crippen molar-refractivity contribution in [3.63, 3.8) is 0 Å². The molecule has 0 saturated heterocycles. The fourth-order valence-electron chi connectivity index (χ4n) is 1.25. The van der Waals surface area contributed by atoms with Crippen LogP contribution in [0.2, 0.25) is 0 Å². The van der Waals surface area contributed by atoms with Gasteiger partial charge in [0.25, 0.3) is 5.91 Å². The highest BCUT2D eigenvalue weighted by Gasteiger charge is 2.20. The Balaban J connectivity index is 3.43. The molecular weight excluding hydrogens is 190 g/mol. The molecule has 4 N–H and O–H groups in total. The highest BCUT2D eigenvalue weighted by Crippen LogP contribution is 2.25. The van der Waals surface area contributed by atoms with Gasteiger partial charge in [-0.3, -0.25) is 4.79 Å². The lowest BCUT2D eigenvalue weighted by Gasteiger charge is -2.19. The summed E-state index contributed by atoms with van der Waals surface area (Å²) in [6, 6.07) is 1.89. The molecule has 0 fully saturated rings. The van der Waals surface area contributed by atoms with Crippen LogP contribution in [-0.4, -0.2) is 10.9 Å². The summed E-state index contributed by atoms with van der Waals surface area (Å²) >= 11 is 0. The first kappa shape index (κ1) is 11.5. The number of anilines is 1. The Bertz CT molecular complexity index is 405. The molecule has 4 nitrogen and oxygen atoms in total. The number of nitrogens with two attached hydrogens (primary N) is 2. The third-order valence-electron chi connectivity index (χ3n) is 2.27. The minimum atomic E-state index is -0.582. The van der Waals surface area contributed by atoms with Crippen LogP contribution in [0.4, 0.5) is 5.69 Å². The van der Waals surface area contributed by atoms with E-state index in [1.165, 1.54) is 0 Å². The summed E-state index contributed by atoms with van der Waals surface area (Å²) in [6.07, 6.45) is 0. The fraction of sp³-hybridized carbons (Fsp3) is 0.455. The van der Waals surface area contributed by atoms with Crippen molar-refractivity contribution in [2.75, 3.05) is 5.73 Å². The second kappa shape index (κ2) is 3.53. The zero-order chi connectivity index (χ0) is 11.8. The van der Waals surface area contributed by atoms with Crippen molar-refractivity contribution >= 4 is 11.6 Å². The Hall–Kier alpha value is -1.58. The van der Waals surface area contributed by atoms with Gasteiger partial charge < -0.3 is 11.5 Å². The van der Waals surface area contributed by atoms with E-state index < -0.39 is 5.91 Å². The molecule has 1 aromatic heterocycles. The van der Waals surface area contributed by atoms with Crippen LogP contribution < -0.4 is 11.5 Å². The molecule has 0 radical (unpaired) electrons. The Kier molecular flexibility index (Phi) is 2.71. The van der Waals surface area contributed by atoms with Gasteiger partial charge in [-0.1, -0.05) is 20.8 Å². The van der Waals surface area contributed by atoms with Gasteiger partial charge in [-0.2, -0.15) is 0 Å². The molecule has 0 aliphatic heterocycles. The van der Waals surface area contributed by atoms with Gasteiger partial charge in [-0.05, 0) is 18.6 Å². The van der Waals surface area contributed by atoms with Crippen molar-refractivity contribution in [2.24, 2.45) is 5.73 Å². The van der Waals surface area contributed by atoms with Gasteiger partial charge >= 0.3 is 0 Å². The van der Waals surface area contributed by atoms with E-state index in [-0.39, 0.29) is 11.1 Å². The molecular formula is C11H17N3O. The standard InChI is InChI=1S/C11H17N3O/c1-6-5-7(11(2,3)4)14-9(8(6)12)10(13)15/h5H,12H2,1-4H3,(H2,13,15). The number of primary amides is 1. The minimum absolute atomic E-state index is 0.122. The topological polar surface area (TPSA) is 82.0 Å². The molecule has 1 aromatic rings. The largest absolute Gasteiger partial charge is 0.397 e. The van der Waals surface area contributed by atoms with Crippen molar-refractivity contribution in [2.45, 2.75) is 33.1 Å². The minimum Gasteiger partial charge on any atom is -0.397 e. The summed E-state index contributed by atoms with van der Waals surface area (Å²) in [4.78, 5) is 15.3. The molecule has 1 amide bonds. The van der Waals surface area contributed by atoms with E-state index in [9.17, 15) is 4.79 Å². The highest BCUT2D eigenvalue weighted by atomic mass is 16.1. The Morgan fingerprint density at radius 2 is 1.93 bits per heavy atom. The van der Waals surface area contributed by atoms with E-state index >= 15 is 0 Å². The number of aromatic nitrogens is 1. The number of aryl methyl sites for hydroxylation is 1. The van der Waals surface area contributed by atoms with Crippen molar-refractivity contribution < 1.29 is 4.79 Å². The molecule has 0 spiro atoms. The summed E-state index contributed by atoms with van der Waals surface area (Å²) < 4.78 is 0. The fourth-order valence-corrected chi connectivity index (χ4v) is 1.25. The van der Waals surface area contributed by atoms with Gasteiger partial charge in [0.05, 0.1) is 5.69 Å². The van der Waals surface area contributed by atoms with Gasteiger partial charge in [0.1, 0.15) is 0 Å². The highest BCUT2D eigenvalue weighted by molar-refractivity contribution is 5.96. The quantitative estimate of drug-likeness (QED) is 0.729. The summed E-state index contributed by atoms with van der Waals surface area (Å²) in [6.45, 7) is 7.92. The number of carbonyl (C=O) groups is 1. The first-order valence-corrected chi connectivity index (χ1v) is 4.81. The van der Waals surface area contributed by atoms with Crippen LogP contribution in [0.3, 0.4) is 0 Å². The third-order valence-corrected chi connectivity index (χ3v) is 2.27. The lowest BCUT2D eigenvalue weighted by Crippen LogP contribution is -2.21. The van der Waals surface area contributed by atoms with E-state index in [0.29, 0.717) is 5.69 Å². The average Bonchev–Trinajstić information content (AvgIpc) is 2.06. The molecule has 4 heteroatoms. The smallest absolute Gasteiger partial charge is 0.269 e. The van der Waals surface area contributed by atoms with E-state index in [2.05, 4.69) is 4.98 Å². The molecule has 0 aromatic carbocycles. The second-order valence-electron chi connectivity index (χ2n) is 4.70. The number of amides is 1. The van der Waals surface area contributed by atoms with Crippen LogP contribution in [0.5, 0.6) is 0 Å². The number of hydrogen-bond donors (Lipinski definition) is 2. The maximum Gasteiger partial charge on any atom is 0.269 e. The Morgan fingerprint density at radius 3 is 2.33 bits per heavy atom. The number of nitrogen functional groups attached to an aromatic ring is 1. The Morgan fingerprint density at radius 1 is 1.40 bits per heavy atom. The van der Waals surface area contributed by atoms with Crippen LogP contribution in [0, 0.1) is 6.92 Å². The van der Waals surface area contributed by atoms with Crippen molar-refractivity contribution in [3.05, 3.63) is 23.0 Å². The van der Waals surface area contributed by atoms with Crippen LogP contribution >= 0.6 is 0 Å². The van der Waals surface area contributed by atoms with Crippen molar-refractivity contribution in [3.8, 4) is 0 Å². The molecule has 1 rings (SSSR count). The number of rotatable bonds is 1. The molecule has 0 aliphatic rings. The zero-order valence-electron chi connectivity index (χ0n) is 9.59. The molecule has 0 aliphatic carbocycles. The lowest BCUT2D eigenvalue weighted by atomic mass is 9.90. The molecule has 0 bridgehead atoms. The normalized spacial score (nSPS) is 11.5. The van der Waals surface area contributed by atoms with Crippen LogP contribution in [-0.2, 0) is 5.41 Å². The second-order valence-corrected chi connectivity index (χ2v) is 4.70. The van der Waals surface area contributed by atoms with Gasteiger partial charge in [-0.25, -0.2) is 4.98 Å². The van der Waals surface area contributed by atoms with Crippen LogP contribution in [0.25, 0.3) is 0 Å². The van der Waals surface area contributed by atoms with Gasteiger partial charge in [0.15, 0.2) is 5.69 Å². The Labute approximate surface area is 89.7 Å². The van der Waals surface area contributed by atoms with Gasteiger partial charge in [-0.15, -0.1) is 0 Å². The molecule has 82 valence electrons. The average molecular weight is 207 g/mol. The van der Waals surface area contributed by atoms with Gasteiger partial charge in [0, 0.05) is 11.1 Å². The number of carbonyl (C=O) groups excluding carboxylic acids is 1. The number of hydrogen-bond acceptors (Lipinski definition) is 3. The SMILES string of the molecule is Cc1cc(C(C)(C)C)nc(C(N)=O)c1N. The van der Waals surface area contributed by atoms with Gasteiger partial charge in [0.2, 0.25) is 0 Å². The van der Waals surface area contributed by atoms with Crippen LogP contribution in [0.15, 0.2) is 6.07 Å². The monoisotopic (exact) mass is 207 g/mol. The summed E-state index contributed by atoms with van der Waals surface area (Å²) in [5.41, 5.74) is 13.0. The van der Waals surface area contributed by atoms with E-state index in [0.717, 1.165) is 11.3 Å². The maximum atomic E-state index is 11.1. The first-order chi connectivity index (χ1) is 6.73. The van der Waals surface area contributed by atoms with E-state index in [1.807, 2.05) is 33.8 Å². The molecule has 0 unspecified atom stereocenters. The molecule has 15 heavy (non-hydrogen) atoms. The zero-order valence-corrected chi connectivity index (χ0v) is 9.59. The van der Waals surface area contributed by atoms with Crippen molar-refractivity contribution in [1.82, 2.24) is 4.98 Å². The van der Waals surface area contributed by atoms with E-state index in [4.69, 9.17) is 11.5 Å². The van der Waals surface area contributed by atoms with Crippen molar-refractivity contribution in [1.29, 1.82) is 0 Å². The summed E-state index contributed by atoms with van der Waals surface area (Å²) in [7, 11) is 0. The summed E-state index contributed by atoms with van der Waals surface area (Å²) in [5, 5.41) is 0. The predicted octanol–water partition coefficient (Wildman–Crippen LogP) is 1.37. The molecule has 0 atom stereocenters. The number of nitrogens with zero attached hydrogens (tertiary/aromatic N) is 1. The molecule has 1 heterocycles. The van der Waals surface area contributed by atoms with Crippen LogP contribution in [0.1, 0.15) is 42.5 Å². The maximum absolute atomic E-state index is 11.1. The number of pyridine rings is 1. The predicted molar refractivity (Wildman–Crippen MR) is 60.6 cm³/mol. The third kappa shape index (κ3) is 2.26.